The van der Waals surface area contributed by atoms with Crippen LogP contribution in [0.1, 0.15) is 22.3 Å². The van der Waals surface area contributed by atoms with Gasteiger partial charge in [-0.3, -0.25) is 0 Å². The van der Waals surface area contributed by atoms with Crippen molar-refractivity contribution in [1.82, 2.24) is 9.97 Å². The highest BCUT2D eigenvalue weighted by atomic mass is 14.9. The van der Waals surface area contributed by atoms with E-state index in [0.29, 0.717) is 5.82 Å². The van der Waals surface area contributed by atoms with E-state index in [4.69, 9.17) is 9.97 Å². The van der Waals surface area contributed by atoms with Gasteiger partial charge in [0, 0.05) is 16.7 Å². The van der Waals surface area contributed by atoms with E-state index >= 15 is 0 Å². The quantitative estimate of drug-likeness (QED) is 0.152. The minimum atomic E-state index is -0.524. The lowest BCUT2D eigenvalue weighted by atomic mass is 9.66. The van der Waals surface area contributed by atoms with Crippen LogP contribution in [0.25, 0.3) is 89.2 Å². The molecule has 0 saturated carbocycles. The van der Waals surface area contributed by atoms with Gasteiger partial charge in [0.2, 0.25) is 0 Å². The summed E-state index contributed by atoms with van der Waals surface area (Å²) in [6.45, 7) is 0. The molecule has 1 heterocycles. The van der Waals surface area contributed by atoms with Crippen LogP contribution in [0, 0.1) is 0 Å². The Morgan fingerprint density at radius 1 is 0.292 bits per heavy atom. The van der Waals surface area contributed by atoms with E-state index in [2.05, 4.69) is 255 Å². The summed E-state index contributed by atoms with van der Waals surface area (Å²) in [7, 11) is 0. The van der Waals surface area contributed by atoms with Crippen molar-refractivity contribution in [1.29, 1.82) is 0 Å². The minimum Gasteiger partial charge on any atom is -0.228 e. The molecule has 304 valence electrons. The normalized spacial score (nSPS) is 12.4. The molecule has 2 heteroatoms. The molecule has 0 saturated heterocycles. The highest BCUT2D eigenvalue weighted by molar-refractivity contribution is 6.06. The Morgan fingerprint density at radius 3 is 1.34 bits per heavy atom. The first-order valence-electron chi connectivity index (χ1n) is 22.3. The van der Waals surface area contributed by atoms with Gasteiger partial charge >= 0.3 is 0 Å². The maximum Gasteiger partial charge on any atom is 0.160 e. The molecule has 0 spiro atoms. The number of hydrogen-bond acceptors (Lipinski definition) is 2. The first kappa shape index (κ1) is 38.2. The van der Waals surface area contributed by atoms with Gasteiger partial charge in [-0.2, -0.15) is 0 Å². The molecule has 10 aromatic carbocycles. The lowest BCUT2D eigenvalue weighted by Crippen LogP contribution is -2.28. The van der Waals surface area contributed by atoms with E-state index in [1.165, 1.54) is 60.8 Å². The van der Waals surface area contributed by atoms with Crippen molar-refractivity contribution in [3.05, 3.63) is 277 Å². The summed E-state index contributed by atoms with van der Waals surface area (Å²) in [6, 6.07) is 91.9. The predicted octanol–water partition coefficient (Wildman–Crippen LogP) is 16.0. The molecule has 0 radical (unpaired) electrons. The molecule has 0 unspecified atom stereocenters. The smallest absolute Gasteiger partial charge is 0.160 e. The summed E-state index contributed by atoms with van der Waals surface area (Å²) < 4.78 is 0. The van der Waals surface area contributed by atoms with Crippen LogP contribution in [0.3, 0.4) is 0 Å². The Kier molecular flexibility index (Phi) is 9.43. The van der Waals surface area contributed by atoms with Crippen molar-refractivity contribution in [3.63, 3.8) is 0 Å². The van der Waals surface area contributed by atoms with Crippen LogP contribution in [0.4, 0.5) is 0 Å². The molecule has 0 bridgehead atoms. The maximum atomic E-state index is 5.32. The molecule has 11 aromatic rings. The fraction of sp³-hybridized carbons (Fsp3) is 0.0159. The van der Waals surface area contributed by atoms with Gasteiger partial charge in [0.1, 0.15) is 0 Å². The summed E-state index contributed by atoms with van der Waals surface area (Å²) in [5.74, 6) is 0.681. The second-order valence-electron chi connectivity index (χ2n) is 16.9. The molecule has 1 aromatic heterocycles. The Hall–Kier alpha value is -8.46. The number of rotatable bonds is 8. The van der Waals surface area contributed by atoms with Crippen LogP contribution in [0.15, 0.2) is 255 Å². The summed E-state index contributed by atoms with van der Waals surface area (Å²) >= 11 is 0. The summed E-state index contributed by atoms with van der Waals surface area (Å²) in [5, 5.41) is 2.47. The molecule has 2 nitrogen and oxygen atoms in total. The van der Waals surface area contributed by atoms with Crippen LogP contribution >= 0.6 is 0 Å². The molecule has 1 aliphatic rings. The van der Waals surface area contributed by atoms with Crippen molar-refractivity contribution in [2.24, 2.45) is 0 Å². The maximum absolute atomic E-state index is 5.32. The average Bonchev–Trinajstić information content (AvgIpc) is 3.72. The second-order valence-corrected chi connectivity index (χ2v) is 16.9. The average molecular weight is 827 g/mol. The molecule has 0 aliphatic heterocycles. The van der Waals surface area contributed by atoms with Gasteiger partial charge < -0.3 is 0 Å². The number of nitrogens with zero attached hydrogens (tertiary/aromatic N) is 2. The first-order chi connectivity index (χ1) is 32.2. The fourth-order valence-corrected chi connectivity index (χ4v) is 10.2. The first-order valence-corrected chi connectivity index (χ1v) is 22.3. The van der Waals surface area contributed by atoms with Crippen LogP contribution in [-0.4, -0.2) is 9.97 Å². The zero-order valence-electron chi connectivity index (χ0n) is 35.6. The van der Waals surface area contributed by atoms with E-state index in [1.807, 2.05) is 0 Å². The highest BCUT2D eigenvalue weighted by Crippen LogP contribution is 2.60. The van der Waals surface area contributed by atoms with Gasteiger partial charge in [0.25, 0.3) is 0 Å². The van der Waals surface area contributed by atoms with Gasteiger partial charge in [-0.15, -0.1) is 0 Å². The topological polar surface area (TPSA) is 25.8 Å². The van der Waals surface area contributed by atoms with Crippen molar-refractivity contribution in [3.8, 4) is 78.4 Å². The van der Waals surface area contributed by atoms with Crippen LogP contribution in [0.5, 0.6) is 0 Å². The molecule has 0 fully saturated rings. The van der Waals surface area contributed by atoms with Gasteiger partial charge in [-0.1, -0.05) is 231 Å². The van der Waals surface area contributed by atoms with E-state index < -0.39 is 5.41 Å². The standard InChI is InChI=1S/C63H42N2/c1-5-19-43(20-6-1)47-24-17-26-50(39-47)58-42-59(51-27-18-25-48(40-51)44-21-7-2-8-22-44)65-62(64-58)46-37-35-45(36-38-46)56-41-49-23-13-14-32-54(49)61-60(56)55-33-15-16-34-57(55)63(61,52-28-9-3-10-29-52)53-30-11-4-12-31-53/h1-42H. The predicted molar refractivity (Wildman–Crippen MR) is 269 cm³/mol. The molecule has 65 heavy (non-hydrogen) atoms. The lowest BCUT2D eigenvalue weighted by Gasteiger charge is -2.35. The number of fused-ring (bicyclic) bond motifs is 5. The van der Waals surface area contributed by atoms with Crippen molar-refractivity contribution in [2.75, 3.05) is 0 Å². The Labute approximate surface area is 379 Å². The lowest BCUT2D eigenvalue weighted by molar-refractivity contribution is 0.775. The van der Waals surface area contributed by atoms with Gasteiger partial charge in [0.05, 0.1) is 16.8 Å². The third-order valence-corrected chi connectivity index (χ3v) is 13.1. The zero-order valence-corrected chi connectivity index (χ0v) is 35.6. The van der Waals surface area contributed by atoms with E-state index in [0.717, 1.165) is 44.8 Å². The molecule has 0 N–H and O–H groups in total. The fourth-order valence-electron chi connectivity index (χ4n) is 10.2. The largest absolute Gasteiger partial charge is 0.228 e. The SMILES string of the molecule is c1ccc(-c2cccc(-c3cc(-c4cccc(-c5ccccc5)c4)nc(-c4ccc(-c5cc6ccccc6c6c5-c5ccccc5C6(c5ccccc5)c5ccccc5)cc4)n3)c2)cc1. The molecule has 12 rings (SSSR count). The van der Waals surface area contributed by atoms with Crippen molar-refractivity contribution in [2.45, 2.75) is 5.41 Å². The third-order valence-electron chi connectivity index (χ3n) is 13.1. The molecule has 0 atom stereocenters. The summed E-state index contributed by atoms with van der Waals surface area (Å²) in [6.07, 6.45) is 0. The van der Waals surface area contributed by atoms with Gasteiger partial charge in [0.15, 0.2) is 5.82 Å². The monoisotopic (exact) mass is 826 g/mol. The summed E-state index contributed by atoms with van der Waals surface area (Å²) in [4.78, 5) is 10.6. The van der Waals surface area contributed by atoms with Crippen LogP contribution in [0.2, 0.25) is 0 Å². The molecule has 0 amide bonds. The van der Waals surface area contributed by atoms with Gasteiger partial charge in [-0.05, 0) is 102 Å². The minimum absolute atomic E-state index is 0.524. The Bertz CT molecular complexity index is 3370. The van der Waals surface area contributed by atoms with Crippen molar-refractivity contribution < 1.29 is 0 Å². The molecular formula is C63H42N2. The van der Waals surface area contributed by atoms with E-state index in [1.54, 1.807) is 0 Å². The van der Waals surface area contributed by atoms with Gasteiger partial charge in [-0.25, -0.2) is 9.97 Å². The zero-order chi connectivity index (χ0) is 43.2. The van der Waals surface area contributed by atoms with E-state index in [9.17, 15) is 0 Å². The number of benzene rings is 10. The van der Waals surface area contributed by atoms with E-state index in [-0.39, 0.29) is 0 Å². The van der Waals surface area contributed by atoms with Crippen molar-refractivity contribution >= 4 is 10.8 Å². The number of aromatic nitrogens is 2. The summed E-state index contributed by atoms with van der Waals surface area (Å²) in [5.41, 5.74) is 18.9. The third kappa shape index (κ3) is 6.58. The highest BCUT2D eigenvalue weighted by Gasteiger charge is 2.48. The number of hydrogen-bond donors (Lipinski definition) is 0. The van der Waals surface area contributed by atoms with Crippen LogP contribution < -0.4 is 0 Å². The van der Waals surface area contributed by atoms with Crippen LogP contribution in [-0.2, 0) is 5.41 Å². The second kappa shape index (κ2) is 16.0. The molecule has 1 aliphatic carbocycles. The Morgan fingerprint density at radius 2 is 0.754 bits per heavy atom. The Balaban J connectivity index is 1.04. The molecular weight excluding hydrogens is 785 g/mol.